The molecule has 6 nitrogen and oxygen atoms in total. The zero-order chi connectivity index (χ0) is 16.3. The highest BCUT2D eigenvalue weighted by atomic mass is 35.5. The minimum Gasteiger partial charge on any atom is -0.307 e. The van der Waals surface area contributed by atoms with Gasteiger partial charge in [0.15, 0.2) is 0 Å². The summed E-state index contributed by atoms with van der Waals surface area (Å²) in [6, 6.07) is 8.29. The predicted molar refractivity (Wildman–Crippen MR) is 86.9 cm³/mol. The van der Waals surface area contributed by atoms with Crippen molar-refractivity contribution in [1.82, 2.24) is 0 Å². The second-order valence-electron chi connectivity index (χ2n) is 4.46. The molecule has 0 fully saturated rings. The lowest BCUT2D eigenvalue weighted by Crippen LogP contribution is -2.20. The number of non-ortho nitro benzene ring substituents is 1. The van der Waals surface area contributed by atoms with E-state index >= 15 is 0 Å². The fourth-order valence-corrected chi connectivity index (χ4v) is 2.06. The Kier molecular flexibility index (Phi) is 4.85. The first-order chi connectivity index (χ1) is 10.4. The molecule has 114 valence electrons. The van der Waals surface area contributed by atoms with E-state index in [2.05, 4.69) is 10.6 Å². The van der Waals surface area contributed by atoms with Gasteiger partial charge in [-0.3, -0.25) is 10.1 Å². The standard InChI is InChI=1S/C14H11Cl2N3O3/c1-8-2-4-10(19(21)22)7-12(8)17-14(20)18-13-6-9(15)3-5-11(13)16/h2-7H,1H3,(H2,17,18,20). The molecule has 2 amide bonds. The predicted octanol–water partition coefficient (Wildman–Crippen LogP) is 4.85. The largest absolute Gasteiger partial charge is 0.323 e. The number of anilines is 2. The average molecular weight is 340 g/mol. The average Bonchev–Trinajstić information content (AvgIpc) is 2.45. The third kappa shape index (κ3) is 3.87. The van der Waals surface area contributed by atoms with Crippen molar-refractivity contribution in [2.45, 2.75) is 6.92 Å². The van der Waals surface area contributed by atoms with E-state index in [1.807, 2.05) is 0 Å². The summed E-state index contributed by atoms with van der Waals surface area (Å²) in [7, 11) is 0. The molecular formula is C14H11Cl2N3O3. The van der Waals surface area contributed by atoms with Crippen molar-refractivity contribution in [2.75, 3.05) is 10.6 Å². The quantitative estimate of drug-likeness (QED) is 0.618. The Labute approximate surface area is 136 Å². The van der Waals surface area contributed by atoms with Gasteiger partial charge in [-0.25, -0.2) is 4.79 Å². The first-order valence-electron chi connectivity index (χ1n) is 6.15. The summed E-state index contributed by atoms with van der Waals surface area (Å²) in [5, 5.41) is 16.6. The van der Waals surface area contributed by atoms with Gasteiger partial charge in [-0.2, -0.15) is 0 Å². The number of nitrogens with zero attached hydrogens (tertiary/aromatic N) is 1. The summed E-state index contributed by atoms with van der Waals surface area (Å²) < 4.78 is 0. The van der Waals surface area contributed by atoms with Gasteiger partial charge in [-0.05, 0) is 30.7 Å². The first kappa shape index (κ1) is 16.1. The van der Waals surface area contributed by atoms with Crippen LogP contribution in [0.25, 0.3) is 0 Å². The van der Waals surface area contributed by atoms with Crippen LogP contribution >= 0.6 is 23.2 Å². The first-order valence-corrected chi connectivity index (χ1v) is 6.90. The number of carbonyl (C=O) groups is 1. The number of nitrogens with one attached hydrogen (secondary N) is 2. The number of urea groups is 1. The van der Waals surface area contributed by atoms with Gasteiger partial charge in [-0.1, -0.05) is 29.3 Å². The number of rotatable bonds is 3. The van der Waals surface area contributed by atoms with E-state index in [1.165, 1.54) is 18.2 Å². The lowest BCUT2D eigenvalue weighted by atomic mass is 10.2. The smallest absolute Gasteiger partial charge is 0.307 e. The van der Waals surface area contributed by atoms with E-state index in [0.717, 1.165) is 0 Å². The number of hydrogen-bond donors (Lipinski definition) is 2. The van der Waals surface area contributed by atoms with Gasteiger partial charge in [-0.15, -0.1) is 0 Å². The van der Waals surface area contributed by atoms with Gasteiger partial charge in [0.2, 0.25) is 0 Å². The van der Waals surface area contributed by atoms with Crippen molar-refractivity contribution in [3.8, 4) is 0 Å². The highest BCUT2D eigenvalue weighted by Crippen LogP contribution is 2.26. The van der Waals surface area contributed by atoms with Crippen LogP contribution in [-0.4, -0.2) is 11.0 Å². The van der Waals surface area contributed by atoms with E-state index in [0.29, 0.717) is 27.0 Å². The fourth-order valence-electron chi connectivity index (χ4n) is 1.73. The Balaban J connectivity index is 2.17. The van der Waals surface area contributed by atoms with Gasteiger partial charge in [0.1, 0.15) is 0 Å². The second kappa shape index (κ2) is 6.64. The maximum Gasteiger partial charge on any atom is 0.323 e. The van der Waals surface area contributed by atoms with Crippen LogP contribution in [-0.2, 0) is 0 Å². The summed E-state index contributed by atoms with van der Waals surface area (Å²) in [5.74, 6) is 0. The van der Waals surface area contributed by atoms with Gasteiger partial charge in [0.25, 0.3) is 5.69 Å². The lowest BCUT2D eigenvalue weighted by molar-refractivity contribution is -0.384. The maximum atomic E-state index is 12.0. The Morgan fingerprint density at radius 1 is 1.09 bits per heavy atom. The highest BCUT2D eigenvalue weighted by molar-refractivity contribution is 6.35. The molecule has 2 aromatic rings. The molecule has 0 heterocycles. The summed E-state index contributed by atoms with van der Waals surface area (Å²) >= 11 is 11.8. The monoisotopic (exact) mass is 339 g/mol. The summed E-state index contributed by atoms with van der Waals surface area (Å²) in [4.78, 5) is 22.2. The molecule has 2 rings (SSSR count). The molecule has 0 radical (unpaired) electrons. The molecule has 0 bridgehead atoms. The number of hydrogen-bond acceptors (Lipinski definition) is 3. The molecule has 8 heteroatoms. The third-order valence-corrected chi connectivity index (χ3v) is 3.42. The minimum absolute atomic E-state index is 0.110. The van der Waals surface area contributed by atoms with E-state index < -0.39 is 11.0 Å². The van der Waals surface area contributed by atoms with Crippen molar-refractivity contribution in [1.29, 1.82) is 0 Å². The summed E-state index contributed by atoms with van der Waals surface area (Å²) in [5.41, 5.74) is 1.26. The third-order valence-electron chi connectivity index (χ3n) is 2.86. The van der Waals surface area contributed by atoms with Crippen molar-refractivity contribution in [2.24, 2.45) is 0 Å². The zero-order valence-electron chi connectivity index (χ0n) is 11.4. The normalized spacial score (nSPS) is 10.1. The summed E-state index contributed by atoms with van der Waals surface area (Å²) in [6.07, 6.45) is 0. The van der Waals surface area contributed by atoms with Gasteiger partial charge < -0.3 is 10.6 Å². The van der Waals surface area contributed by atoms with E-state index in [4.69, 9.17) is 23.2 Å². The number of halogens is 2. The molecule has 0 saturated carbocycles. The van der Waals surface area contributed by atoms with Crippen molar-refractivity contribution in [3.63, 3.8) is 0 Å². The van der Waals surface area contributed by atoms with Gasteiger partial charge in [0.05, 0.1) is 21.3 Å². The topological polar surface area (TPSA) is 84.3 Å². The molecule has 0 atom stereocenters. The molecule has 0 aliphatic heterocycles. The van der Waals surface area contributed by atoms with E-state index in [9.17, 15) is 14.9 Å². The number of aryl methyl sites for hydroxylation is 1. The Morgan fingerprint density at radius 2 is 1.77 bits per heavy atom. The van der Waals surface area contributed by atoms with Crippen LogP contribution in [0.5, 0.6) is 0 Å². The van der Waals surface area contributed by atoms with E-state index in [-0.39, 0.29) is 5.69 Å². The number of amides is 2. The van der Waals surface area contributed by atoms with Crippen LogP contribution in [0.2, 0.25) is 10.0 Å². The van der Waals surface area contributed by atoms with Gasteiger partial charge in [0, 0.05) is 17.2 Å². The van der Waals surface area contributed by atoms with Crippen LogP contribution in [0, 0.1) is 17.0 Å². The molecule has 2 N–H and O–H groups in total. The van der Waals surface area contributed by atoms with Crippen molar-refractivity contribution < 1.29 is 9.72 Å². The second-order valence-corrected chi connectivity index (χ2v) is 5.30. The Morgan fingerprint density at radius 3 is 2.45 bits per heavy atom. The Bertz CT molecular complexity index is 750. The van der Waals surface area contributed by atoms with Crippen LogP contribution < -0.4 is 10.6 Å². The molecule has 22 heavy (non-hydrogen) atoms. The van der Waals surface area contributed by atoms with Crippen LogP contribution in [0.1, 0.15) is 5.56 Å². The molecule has 0 unspecified atom stereocenters. The summed E-state index contributed by atoms with van der Waals surface area (Å²) in [6.45, 7) is 1.73. The lowest BCUT2D eigenvalue weighted by Gasteiger charge is -2.11. The molecule has 0 saturated heterocycles. The molecular weight excluding hydrogens is 329 g/mol. The number of carbonyl (C=O) groups excluding carboxylic acids is 1. The SMILES string of the molecule is Cc1ccc([N+](=O)[O-])cc1NC(=O)Nc1cc(Cl)ccc1Cl. The highest BCUT2D eigenvalue weighted by Gasteiger charge is 2.12. The number of nitro groups is 1. The molecule has 0 aliphatic carbocycles. The molecule has 2 aromatic carbocycles. The number of benzene rings is 2. The maximum absolute atomic E-state index is 12.0. The fraction of sp³-hybridized carbons (Fsp3) is 0.0714. The van der Waals surface area contributed by atoms with Crippen molar-refractivity contribution in [3.05, 3.63) is 62.1 Å². The van der Waals surface area contributed by atoms with E-state index in [1.54, 1.807) is 25.1 Å². The zero-order valence-corrected chi connectivity index (χ0v) is 12.9. The molecule has 0 spiro atoms. The van der Waals surface area contributed by atoms with Crippen LogP contribution in [0.15, 0.2) is 36.4 Å². The molecule has 0 aliphatic rings. The minimum atomic E-state index is -0.576. The van der Waals surface area contributed by atoms with Crippen molar-refractivity contribution >= 4 is 46.3 Å². The van der Waals surface area contributed by atoms with Gasteiger partial charge >= 0.3 is 6.03 Å². The molecule has 0 aromatic heterocycles. The number of nitro benzene ring substituents is 1. The van der Waals surface area contributed by atoms with Crippen LogP contribution in [0.4, 0.5) is 21.9 Å². The Hall–Kier alpha value is -2.31. The van der Waals surface area contributed by atoms with Crippen LogP contribution in [0.3, 0.4) is 0 Å².